The fourth-order valence-electron chi connectivity index (χ4n) is 1.22. The topological polar surface area (TPSA) is 58.1 Å². The lowest BCUT2D eigenvalue weighted by Gasteiger charge is -1.97. The summed E-state index contributed by atoms with van der Waals surface area (Å²) in [5.74, 6) is 0.454. The molecule has 1 heterocycles. The summed E-state index contributed by atoms with van der Waals surface area (Å²) in [6.07, 6.45) is 0. The number of benzene rings is 1. The van der Waals surface area contributed by atoms with Gasteiger partial charge < -0.3 is 0 Å². The van der Waals surface area contributed by atoms with Crippen molar-refractivity contribution in [2.75, 3.05) is 0 Å². The van der Waals surface area contributed by atoms with Crippen LogP contribution in [0.15, 0.2) is 34.1 Å². The summed E-state index contributed by atoms with van der Waals surface area (Å²) in [5, 5.41) is 7.42. The van der Waals surface area contributed by atoms with Crippen LogP contribution in [0.25, 0.3) is 10.8 Å². The second kappa shape index (κ2) is 2.82. The molecule has 2 rings (SSSR count). The first-order chi connectivity index (χ1) is 6.33. The van der Waals surface area contributed by atoms with Crippen LogP contribution in [0.3, 0.4) is 0 Å². The van der Waals surface area contributed by atoms with Gasteiger partial charge in [0.2, 0.25) is 0 Å². The largest absolute Gasteiger partial charge is 0.272 e. The fraction of sp³-hybridized carbons (Fsp3) is 0. The first-order valence-electron chi connectivity index (χ1n) is 3.77. The molecule has 0 aliphatic rings. The van der Waals surface area contributed by atoms with Crippen molar-refractivity contribution in [1.82, 2.24) is 10.2 Å². The third kappa shape index (κ3) is 1.12. The van der Waals surface area contributed by atoms with Crippen LogP contribution < -0.4 is 5.56 Å². The minimum Gasteiger partial charge on any atom is -0.267 e. The number of aromatic amines is 1. The van der Waals surface area contributed by atoms with E-state index in [4.69, 9.17) is 0 Å². The van der Waals surface area contributed by atoms with E-state index in [1.54, 1.807) is 18.2 Å². The van der Waals surface area contributed by atoms with Crippen LogP contribution in [0, 0.1) is 0 Å². The number of aliphatic imine (C=N–C) groups is 1. The van der Waals surface area contributed by atoms with Gasteiger partial charge in [0.25, 0.3) is 5.56 Å². The third-order valence-corrected chi connectivity index (χ3v) is 1.83. The molecule has 1 aromatic heterocycles. The Labute approximate surface area is 73.9 Å². The molecule has 1 aromatic carbocycles. The Balaban J connectivity index is 3.01. The highest BCUT2D eigenvalue weighted by atomic mass is 16.1. The van der Waals surface area contributed by atoms with E-state index in [9.17, 15) is 4.79 Å². The monoisotopic (exact) mass is 173 g/mol. The maximum absolute atomic E-state index is 11.3. The Morgan fingerprint density at radius 2 is 2.00 bits per heavy atom. The van der Waals surface area contributed by atoms with Crippen molar-refractivity contribution in [1.29, 1.82) is 0 Å². The summed E-state index contributed by atoms with van der Waals surface area (Å²) >= 11 is 0. The molecule has 0 aliphatic carbocycles. The number of H-pyrrole nitrogens is 1. The first-order valence-corrected chi connectivity index (χ1v) is 3.77. The van der Waals surface area contributed by atoms with Crippen LogP contribution in [0.5, 0.6) is 0 Å². The molecular weight excluding hydrogens is 166 g/mol. The number of nitrogens with one attached hydrogen (secondary N) is 1. The molecule has 0 radical (unpaired) electrons. The predicted molar refractivity (Wildman–Crippen MR) is 51.6 cm³/mol. The third-order valence-electron chi connectivity index (χ3n) is 1.83. The molecule has 1 N–H and O–H groups in total. The lowest BCUT2D eigenvalue weighted by atomic mass is 10.2. The van der Waals surface area contributed by atoms with Crippen molar-refractivity contribution in [2.45, 2.75) is 0 Å². The Kier molecular flexibility index (Phi) is 1.66. The zero-order chi connectivity index (χ0) is 9.26. The van der Waals surface area contributed by atoms with Crippen LogP contribution in [0.2, 0.25) is 0 Å². The molecule has 13 heavy (non-hydrogen) atoms. The van der Waals surface area contributed by atoms with Crippen LogP contribution >= 0.6 is 0 Å². The first kappa shape index (κ1) is 7.67. The summed E-state index contributed by atoms with van der Waals surface area (Å²) in [7, 11) is 0. The quantitative estimate of drug-likeness (QED) is 0.660. The van der Waals surface area contributed by atoms with Crippen molar-refractivity contribution >= 4 is 23.3 Å². The van der Waals surface area contributed by atoms with Gasteiger partial charge in [-0.15, -0.1) is 0 Å². The smallest absolute Gasteiger partial charge is 0.267 e. The lowest BCUT2D eigenvalue weighted by molar-refractivity contribution is 1.01. The highest BCUT2D eigenvalue weighted by molar-refractivity contribution is 5.89. The van der Waals surface area contributed by atoms with E-state index in [-0.39, 0.29) is 5.56 Å². The summed E-state index contributed by atoms with van der Waals surface area (Å²) in [5.41, 5.74) is -0.206. The van der Waals surface area contributed by atoms with Crippen molar-refractivity contribution < 1.29 is 0 Å². The molecular formula is C9H7N3O. The fourth-order valence-corrected chi connectivity index (χ4v) is 1.22. The lowest BCUT2D eigenvalue weighted by Crippen LogP contribution is -2.07. The Morgan fingerprint density at radius 3 is 2.69 bits per heavy atom. The van der Waals surface area contributed by atoms with Gasteiger partial charge >= 0.3 is 0 Å². The average Bonchev–Trinajstić information content (AvgIpc) is 2.19. The molecule has 2 aromatic rings. The summed E-state index contributed by atoms with van der Waals surface area (Å²) < 4.78 is 0. The van der Waals surface area contributed by atoms with Crippen molar-refractivity contribution in [3.63, 3.8) is 0 Å². The van der Waals surface area contributed by atoms with Gasteiger partial charge in [0.15, 0.2) is 5.82 Å². The molecule has 0 saturated heterocycles. The second-order valence-electron chi connectivity index (χ2n) is 2.58. The minimum atomic E-state index is -0.206. The van der Waals surface area contributed by atoms with Crippen LogP contribution in [0.1, 0.15) is 0 Å². The molecule has 0 amide bonds. The zero-order valence-electron chi connectivity index (χ0n) is 6.82. The normalized spacial score (nSPS) is 10.2. The number of nitrogens with zero attached hydrogens (tertiary/aromatic N) is 2. The van der Waals surface area contributed by atoms with E-state index in [1.807, 2.05) is 6.07 Å². The molecule has 0 atom stereocenters. The molecule has 64 valence electrons. The van der Waals surface area contributed by atoms with E-state index in [0.717, 1.165) is 5.39 Å². The highest BCUT2D eigenvalue weighted by Crippen LogP contribution is 2.18. The Hall–Kier alpha value is -1.97. The molecule has 0 bridgehead atoms. The molecule has 0 unspecified atom stereocenters. The molecule has 4 heteroatoms. The molecule has 0 saturated carbocycles. The minimum absolute atomic E-state index is 0.206. The van der Waals surface area contributed by atoms with Crippen molar-refractivity contribution in [2.24, 2.45) is 4.99 Å². The van der Waals surface area contributed by atoms with Gasteiger partial charge in [-0.3, -0.25) is 4.79 Å². The highest BCUT2D eigenvalue weighted by Gasteiger charge is 2.02. The van der Waals surface area contributed by atoms with E-state index in [2.05, 4.69) is 21.9 Å². The summed E-state index contributed by atoms with van der Waals surface area (Å²) in [6, 6.07) is 7.15. The van der Waals surface area contributed by atoms with Crippen molar-refractivity contribution in [3.05, 3.63) is 34.6 Å². The summed E-state index contributed by atoms with van der Waals surface area (Å²) in [4.78, 5) is 15.0. The summed E-state index contributed by atoms with van der Waals surface area (Å²) in [6.45, 7) is 3.38. The molecule has 0 spiro atoms. The number of fused-ring (bicyclic) bond motifs is 1. The number of rotatable bonds is 1. The predicted octanol–water partition coefficient (Wildman–Crippen LogP) is 1.26. The van der Waals surface area contributed by atoms with Gasteiger partial charge in [0, 0.05) is 5.39 Å². The van der Waals surface area contributed by atoms with E-state index in [0.29, 0.717) is 11.2 Å². The van der Waals surface area contributed by atoms with Gasteiger partial charge in [-0.2, -0.15) is 5.10 Å². The molecule has 0 fully saturated rings. The van der Waals surface area contributed by atoms with Crippen molar-refractivity contribution in [3.8, 4) is 0 Å². The van der Waals surface area contributed by atoms with Gasteiger partial charge in [0.05, 0.1) is 5.39 Å². The van der Waals surface area contributed by atoms with E-state index >= 15 is 0 Å². The van der Waals surface area contributed by atoms with Gasteiger partial charge in [-0.25, -0.2) is 10.1 Å². The Bertz CT molecular complexity index is 515. The van der Waals surface area contributed by atoms with Gasteiger partial charge in [-0.1, -0.05) is 18.2 Å². The molecule has 4 nitrogen and oxygen atoms in total. The van der Waals surface area contributed by atoms with E-state index in [1.165, 1.54) is 0 Å². The van der Waals surface area contributed by atoms with Crippen LogP contribution in [-0.4, -0.2) is 16.9 Å². The number of aromatic nitrogens is 2. The standard InChI is InChI=1S/C9H7N3O/c1-10-8-6-4-2-3-5-7(6)9(13)12-11-8/h2-5H,1H2,(H,12,13). The molecule has 0 aliphatic heterocycles. The second-order valence-corrected chi connectivity index (χ2v) is 2.58. The van der Waals surface area contributed by atoms with Crippen LogP contribution in [0.4, 0.5) is 5.82 Å². The number of hydrogen-bond donors (Lipinski definition) is 1. The average molecular weight is 173 g/mol. The van der Waals surface area contributed by atoms with Gasteiger partial charge in [-0.05, 0) is 12.8 Å². The number of hydrogen-bond acceptors (Lipinski definition) is 3. The maximum atomic E-state index is 11.3. The SMILES string of the molecule is C=Nc1n[nH]c(=O)c2ccccc12. The Morgan fingerprint density at radius 1 is 1.31 bits per heavy atom. The zero-order valence-corrected chi connectivity index (χ0v) is 6.82. The van der Waals surface area contributed by atoms with E-state index < -0.39 is 0 Å². The maximum Gasteiger partial charge on any atom is 0.272 e. The van der Waals surface area contributed by atoms with Gasteiger partial charge in [0.1, 0.15) is 0 Å². The van der Waals surface area contributed by atoms with Crippen LogP contribution in [-0.2, 0) is 0 Å².